The monoisotopic (exact) mass is 412 g/mol. The van der Waals surface area contributed by atoms with Crippen LogP contribution >= 0.6 is 7.60 Å². The van der Waals surface area contributed by atoms with Crippen molar-refractivity contribution in [2.75, 3.05) is 13.2 Å². The van der Waals surface area contributed by atoms with Crippen LogP contribution in [0.15, 0.2) is 41.9 Å². The largest absolute Gasteiger partial charge is 0.450 e. The molecular formula is C20H33O5PSi. The van der Waals surface area contributed by atoms with Gasteiger partial charge in [0, 0.05) is 11.5 Å². The van der Waals surface area contributed by atoms with Crippen LogP contribution in [0.3, 0.4) is 0 Å². The molecule has 1 aliphatic rings. The fourth-order valence-corrected chi connectivity index (χ4v) is 6.20. The van der Waals surface area contributed by atoms with E-state index in [2.05, 4.69) is 33.5 Å². The van der Waals surface area contributed by atoms with Gasteiger partial charge in [0.1, 0.15) is 0 Å². The van der Waals surface area contributed by atoms with Gasteiger partial charge in [-0.25, -0.2) is 0 Å². The van der Waals surface area contributed by atoms with E-state index in [0.29, 0.717) is 0 Å². The molecule has 1 aromatic carbocycles. The van der Waals surface area contributed by atoms with Gasteiger partial charge in [-0.05, 0) is 45.5 Å². The molecule has 5 nitrogen and oxygen atoms in total. The van der Waals surface area contributed by atoms with Gasteiger partial charge < -0.3 is 18.2 Å². The first-order valence-electron chi connectivity index (χ1n) is 9.64. The summed E-state index contributed by atoms with van der Waals surface area (Å²) in [5, 5.41) is 0. The van der Waals surface area contributed by atoms with Crippen LogP contribution in [0.25, 0.3) is 0 Å². The fraction of sp³-hybridized carbons (Fsp3) is 0.600. The Hall–Kier alpha value is -0.913. The van der Waals surface area contributed by atoms with E-state index in [4.69, 9.17) is 18.2 Å². The van der Waals surface area contributed by atoms with E-state index >= 15 is 0 Å². The molecule has 0 aliphatic carbocycles. The van der Waals surface area contributed by atoms with Crippen LogP contribution in [-0.2, 0) is 28.6 Å². The predicted octanol–water partition coefficient (Wildman–Crippen LogP) is 6.10. The van der Waals surface area contributed by atoms with Gasteiger partial charge in [-0.1, -0.05) is 44.2 Å². The van der Waals surface area contributed by atoms with Gasteiger partial charge in [0.25, 0.3) is 0 Å². The van der Waals surface area contributed by atoms with Crippen molar-refractivity contribution in [3.8, 4) is 0 Å². The molecule has 27 heavy (non-hydrogen) atoms. The average molecular weight is 413 g/mol. The molecule has 1 aromatic rings. The molecule has 0 spiro atoms. The highest BCUT2D eigenvalue weighted by atomic mass is 31.2. The Morgan fingerprint density at radius 3 is 2.11 bits per heavy atom. The molecule has 0 unspecified atom stereocenters. The lowest BCUT2D eigenvalue weighted by Gasteiger charge is -2.48. The third kappa shape index (κ3) is 4.93. The third-order valence-corrected chi connectivity index (χ3v) is 7.44. The quantitative estimate of drug-likeness (QED) is 0.381. The molecule has 3 atom stereocenters. The maximum atomic E-state index is 13.4. The summed E-state index contributed by atoms with van der Waals surface area (Å²) < 4.78 is 37.6. The van der Waals surface area contributed by atoms with Gasteiger partial charge in [-0.2, -0.15) is 0 Å². The standard InChI is InChI=1S/C20H33O5PSi/c1-8-22-26(21,23-9-2)19-15-16(3)17(4)20(24-19,25-27(5,6)7)18-13-11-10-12-14-18/h10-17H,8-9H2,1-7H3/t16-,17+,20-/m0/s1. The van der Waals surface area contributed by atoms with Crippen molar-refractivity contribution in [3.05, 3.63) is 47.5 Å². The molecule has 0 fully saturated rings. The Balaban J connectivity index is 2.60. The van der Waals surface area contributed by atoms with Crippen LogP contribution in [0.1, 0.15) is 33.3 Å². The van der Waals surface area contributed by atoms with E-state index in [1.54, 1.807) is 13.8 Å². The van der Waals surface area contributed by atoms with E-state index in [-0.39, 0.29) is 30.5 Å². The molecule has 2 rings (SSSR count). The van der Waals surface area contributed by atoms with E-state index in [1.807, 2.05) is 36.4 Å². The van der Waals surface area contributed by atoms with Crippen molar-refractivity contribution in [3.63, 3.8) is 0 Å². The molecule has 1 heterocycles. The van der Waals surface area contributed by atoms with Gasteiger partial charge in [0.2, 0.25) is 11.3 Å². The summed E-state index contributed by atoms with van der Waals surface area (Å²) in [4.78, 5) is 0. The van der Waals surface area contributed by atoms with Crippen LogP contribution in [0, 0.1) is 11.8 Å². The van der Waals surface area contributed by atoms with Crippen molar-refractivity contribution in [2.24, 2.45) is 11.8 Å². The summed E-state index contributed by atoms with van der Waals surface area (Å²) in [6.07, 6.45) is 1.87. The highest BCUT2D eigenvalue weighted by molar-refractivity contribution is 7.58. The highest BCUT2D eigenvalue weighted by Crippen LogP contribution is 2.62. The SMILES string of the molecule is CCOP(=O)(OCC)C1=C[C@H](C)[C@@H](C)[C@](O[Si](C)(C)C)(c2ccccc2)O1. The van der Waals surface area contributed by atoms with Gasteiger partial charge >= 0.3 is 7.60 Å². The van der Waals surface area contributed by atoms with Gasteiger partial charge in [-0.3, -0.25) is 4.57 Å². The Morgan fingerprint density at radius 1 is 1.07 bits per heavy atom. The number of benzene rings is 1. The van der Waals surface area contributed by atoms with Crippen LogP contribution in [0.5, 0.6) is 0 Å². The molecule has 1 aliphatic heterocycles. The average Bonchev–Trinajstić information content (AvgIpc) is 2.59. The maximum absolute atomic E-state index is 13.4. The lowest BCUT2D eigenvalue weighted by molar-refractivity contribution is -0.217. The Labute approximate surface area is 164 Å². The molecule has 0 N–H and O–H groups in total. The molecule has 152 valence electrons. The van der Waals surface area contributed by atoms with Crippen LogP contribution in [-0.4, -0.2) is 21.5 Å². The third-order valence-electron chi connectivity index (χ3n) is 4.55. The van der Waals surface area contributed by atoms with E-state index < -0.39 is 21.7 Å². The van der Waals surface area contributed by atoms with Crippen molar-refractivity contribution in [1.82, 2.24) is 0 Å². The zero-order chi connectivity index (χ0) is 20.3. The second-order valence-corrected chi connectivity index (χ2v) is 14.2. The summed E-state index contributed by atoms with van der Waals surface area (Å²) in [6, 6.07) is 9.89. The minimum atomic E-state index is -3.55. The molecule has 0 aromatic heterocycles. The summed E-state index contributed by atoms with van der Waals surface area (Å²) in [7, 11) is -5.57. The van der Waals surface area contributed by atoms with Crippen LogP contribution in [0.4, 0.5) is 0 Å². The zero-order valence-corrected chi connectivity index (χ0v) is 19.4. The van der Waals surface area contributed by atoms with Crippen LogP contribution in [0.2, 0.25) is 19.6 Å². The van der Waals surface area contributed by atoms with Gasteiger partial charge in [-0.15, -0.1) is 0 Å². The summed E-state index contributed by atoms with van der Waals surface area (Å²) in [6.45, 7) is 14.7. The van der Waals surface area contributed by atoms with Crippen molar-refractivity contribution >= 4 is 15.9 Å². The van der Waals surface area contributed by atoms with Crippen LogP contribution < -0.4 is 0 Å². The van der Waals surface area contributed by atoms with E-state index in [9.17, 15) is 4.57 Å². The number of hydrogen-bond acceptors (Lipinski definition) is 5. The highest BCUT2D eigenvalue weighted by Gasteiger charge is 2.52. The predicted molar refractivity (Wildman–Crippen MR) is 111 cm³/mol. The second kappa shape index (κ2) is 8.62. The summed E-state index contributed by atoms with van der Waals surface area (Å²) >= 11 is 0. The molecular weight excluding hydrogens is 379 g/mol. The smallest absolute Gasteiger partial charge is 0.395 e. The number of rotatable bonds is 8. The first kappa shape index (κ1) is 22.4. The first-order chi connectivity index (χ1) is 12.6. The Morgan fingerprint density at radius 2 is 1.63 bits per heavy atom. The maximum Gasteiger partial charge on any atom is 0.395 e. The molecule has 7 heteroatoms. The molecule has 0 saturated carbocycles. The molecule has 0 amide bonds. The van der Waals surface area contributed by atoms with Gasteiger partial charge in [0.05, 0.1) is 13.2 Å². The van der Waals surface area contributed by atoms with Crippen molar-refractivity contribution in [1.29, 1.82) is 0 Å². The molecule has 0 saturated heterocycles. The zero-order valence-electron chi connectivity index (χ0n) is 17.5. The Bertz CT molecular complexity index is 690. The number of hydrogen-bond donors (Lipinski definition) is 0. The number of ether oxygens (including phenoxy) is 1. The molecule has 0 bridgehead atoms. The lowest BCUT2D eigenvalue weighted by atomic mass is 9.82. The summed E-state index contributed by atoms with van der Waals surface area (Å²) in [5.41, 5.74) is 1.16. The topological polar surface area (TPSA) is 54.0 Å². The number of allylic oxidation sites excluding steroid dienone is 1. The second-order valence-electron chi connectivity index (χ2n) is 7.84. The summed E-state index contributed by atoms with van der Waals surface area (Å²) in [5.74, 6) is -0.939. The minimum Gasteiger partial charge on any atom is -0.450 e. The van der Waals surface area contributed by atoms with E-state index in [1.165, 1.54) is 0 Å². The fourth-order valence-electron chi connectivity index (χ4n) is 3.27. The normalized spacial score (nSPS) is 26.4. The first-order valence-corrected chi connectivity index (χ1v) is 14.6. The van der Waals surface area contributed by atoms with Crippen molar-refractivity contribution in [2.45, 2.75) is 53.1 Å². The lowest BCUT2D eigenvalue weighted by Crippen LogP contribution is -2.50. The molecule has 0 radical (unpaired) electrons. The minimum absolute atomic E-state index is 0.0204. The van der Waals surface area contributed by atoms with E-state index in [0.717, 1.165) is 5.56 Å². The van der Waals surface area contributed by atoms with Crippen molar-refractivity contribution < 1.29 is 22.8 Å². The Kier molecular flexibility index (Phi) is 7.15. The van der Waals surface area contributed by atoms with Gasteiger partial charge in [0.15, 0.2) is 8.32 Å².